The second-order valence-corrected chi connectivity index (χ2v) is 6.78. The van der Waals surface area contributed by atoms with Crippen LogP contribution in [0.5, 0.6) is 0 Å². The molecule has 0 saturated heterocycles. The van der Waals surface area contributed by atoms with Crippen molar-refractivity contribution in [3.63, 3.8) is 0 Å². The number of rotatable bonds is 9. The Balaban J connectivity index is 0.00000312. The van der Waals surface area contributed by atoms with Gasteiger partial charge in [-0.25, -0.2) is 0 Å². The van der Waals surface area contributed by atoms with Crippen LogP contribution >= 0.6 is 24.2 Å². The van der Waals surface area contributed by atoms with E-state index in [1.54, 1.807) is 23.7 Å². The predicted octanol–water partition coefficient (Wildman–Crippen LogP) is 3.23. The molecule has 2 N–H and O–H groups in total. The van der Waals surface area contributed by atoms with Gasteiger partial charge in [-0.3, -0.25) is 4.79 Å². The number of halogens is 1. The van der Waals surface area contributed by atoms with Crippen LogP contribution in [-0.2, 0) is 11.2 Å². The fourth-order valence-electron chi connectivity index (χ4n) is 2.43. The van der Waals surface area contributed by atoms with Gasteiger partial charge >= 0.3 is 0 Å². The number of amides is 1. The highest BCUT2D eigenvalue weighted by Gasteiger charge is 2.17. The van der Waals surface area contributed by atoms with Crippen LogP contribution in [0.3, 0.4) is 0 Å². The summed E-state index contributed by atoms with van der Waals surface area (Å²) in [5.41, 5.74) is 7.80. The summed E-state index contributed by atoms with van der Waals surface area (Å²) in [5, 5.41) is 4.10. The molecule has 1 amide bonds. The third kappa shape index (κ3) is 6.72. The number of carbonyl (C=O) groups is 1. The molecule has 0 spiro atoms. The molecule has 1 atom stereocenters. The summed E-state index contributed by atoms with van der Waals surface area (Å²) in [7, 11) is 1.80. The molecule has 25 heavy (non-hydrogen) atoms. The monoisotopic (exact) mass is 383 g/mol. The predicted molar refractivity (Wildman–Crippen MR) is 106 cm³/mol. The van der Waals surface area contributed by atoms with Crippen LogP contribution in [0.1, 0.15) is 18.6 Å². The minimum Gasteiger partial charge on any atom is -0.361 e. The highest BCUT2D eigenvalue weighted by Crippen LogP contribution is 2.19. The van der Waals surface area contributed by atoms with E-state index in [0.29, 0.717) is 13.0 Å². The first-order valence-corrected chi connectivity index (χ1v) is 9.51. The Hall–Kier alpha value is -1.50. The lowest BCUT2D eigenvalue weighted by Gasteiger charge is -2.20. The zero-order valence-corrected chi connectivity index (χ0v) is 16.3. The maximum Gasteiger partial charge on any atom is 0.239 e. The number of aromatic nitrogens is 1. The Labute approximate surface area is 159 Å². The van der Waals surface area contributed by atoms with Gasteiger partial charge in [0.2, 0.25) is 5.91 Å². The van der Waals surface area contributed by atoms with Gasteiger partial charge in [-0.2, -0.15) is 11.8 Å². The van der Waals surface area contributed by atoms with Crippen molar-refractivity contribution in [1.82, 2.24) is 10.1 Å². The molecule has 0 aliphatic carbocycles. The van der Waals surface area contributed by atoms with Crippen LogP contribution in [0, 0.1) is 0 Å². The summed E-state index contributed by atoms with van der Waals surface area (Å²) in [6.45, 7) is 0.660. The third-order valence-corrected chi connectivity index (χ3v) is 4.52. The molecule has 0 bridgehead atoms. The molecule has 0 aliphatic rings. The summed E-state index contributed by atoms with van der Waals surface area (Å²) in [4.78, 5) is 13.8. The molecule has 0 radical (unpaired) electrons. The summed E-state index contributed by atoms with van der Waals surface area (Å²) < 4.78 is 5.38. The molecule has 0 saturated carbocycles. The van der Waals surface area contributed by atoms with Crippen LogP contribution < -0.4 is 5.73 Å². The van der Waals surface area contributed by atoms with Crippen LogP contribution in [0.25, 0.3) is 11.3 Å². The number of nitrogens with two attached hydrogens (primary N) is 1. The first-order chi connectivity index (χ1) is 11.6. The lowest BCUT2D eigenvalue weighted by Crippen LogP contribution is -2.42. The summed E-state index contributed by atoms with van der Waals surface area (Å²) in [6, 6.07) is 11.5. The standard InChI is InChI=1S/C18H25N3O2S.ClH/c1-21(18(22)16(19)10-12-24-2)11-6-9-15-13-17(20-23-15)14-7-4-3-5-8-14;/h3-5,7-8,13,16H,6,9-12,19H2,1-2H3;1H/t16-;/m0./s1. The molecular formula is C18H26ClN3O2S. The van der Waals surface area contributed by atoms with Crippen molar-refractivity contribution in [3.8, 4) is 11.3 Å². The van der Waals surface area contributed by atoms with E-state index in [9.17, 15) is 4.79 Å². The maximum atomic E-state index is 12.1. The van der Waals surface area contributed by atoms with Crippen LogP contribution in [-0.4, -0.2) is 47.6 Å². The quantitative estimate of drug-likeness (QED) is 0.719. The Morgan fingerprint density at radius 2 is 2.08 bits per heavy atom. The van der Waals surface area contributed by atoms with E-state index in [4.69, 9.17) is 10.3 Å². The molecule has 0 aliphatic heterocycles. The Morgan fingerprint density at radius 1 is 1.36 bits per heavy atom. The Bertz CT molecular complexity index is 636. The van der Waals surface area contributed by atoms with Crippen molar-refractivity contribution >= 4 is 30.1 Å². The molecule has 1 heterocycles. The van der Waals surface area contributed by atoms with E-state index >= 15 is 0 Å². The highest BCUT2D eigenvalue weighted by molar-refractivity contribution is 7.98. The summed E-state index contributed by atoms with van der Waals surface area (Å²) in [5.74, 6) is 1.74. The fourth-order valence-corrected chi connectivity index (χ4v) is 2.92. The van der Waals surface area contributed by atoms with Crippen LogP contribution in [0.15, 0.2) is 40.9 Å². The maximum absolute atomic E-state index is 12.1. The first-order valence-electron chi connectivity index (χ1n) is 8.12. The van der Waals surface area contributed by atoms with E-state index < -0.39 is 6.04 Å². The lowest BCUT2D eigenvalue weighted by atomic mass is 10.1. The molecule has 2 aromatic rings. The summed E-state index contributed by atoms with van der Waals surface area (Å²) >= 11 is 1.70. The van der Waals surface area contributed by atoms with Crippen molar-refractivity contribution in [3.05, 3.63) is 42.2 Å². The number of hydrogen-bond donors (Lipinski definition) is 1. The van der Waals surface area contributed by atoms with Crippen molar-refractivity contribution in [2.75, 3.05) is 25.6 Å². The number of carbonyl (C=O) groups excluding carboxylic acids is 1. The molecule has 5 nitrogen and oxygen atoms in total. The second kappa shape index (κ2) is 11.2. The van der Waals surface area contributed by atoms with E-state index in [1.807, 2.05) is 42.7 Å². The van der Waals surface area contributed by atoms with E-state index in [2.05, 4.69) is 5.16 Å². The molecule has 7 heteroatoms. The van der Waals surface area contributed by atoms with E-state index in [-0.39, 0.29) is 18.3 Å². The molecule has 2 rings (SSSR count). The molecule has 1 aromatic heterocycles. The number of likely N-dealkylation sites (N-methyl/N-ethyl adjacent to an activating group) is 1. The Morgan fingerprint density at radius 3 is 2.76 bits per heavy atom. The topological polar surface area (TPSA) is 72.4 Å². The van der Waals surface area contributed by atoms with Gasteiger partial charge in [0.15, 0.2) is 0 Å². The minimum atomic E-state index is -0.405. The van der Waals surface area contributed by atoms with Crippen LogP contribution in [0.2, 0.25) is 0 Å². The van der Waals surface area contributed by atoms with Crippen molar-refractivity contribution in [1.29, 1.82) is 0 Å². The molecular weight excluding hydrogens is 358 g/mol. The Kier molecular flexibility index (Phi) is 9.63. The number of nitrogens with zero attached hydrogens (tertiary/aromatic N) is 2. The van der Waals surface area contributed by atoms with Gasteiger partial charge in [0.25, 0.3) is 0 Å². The normalized spacial score (nSPS) is 11.6. The molecule has 1 aromatic carbocycles. The largest absolute Gasteiger partial charge is 0.361 e. The zero-order valence-electron chi connectivity index (χ0n) is 14.7. The minimum absolute atomic E-state index is 0. The molecule has 0 unspecified atom stereocenters. The SMILES string of the molecule is CSCC[C@H](N)C(=O)N(C)CCCc1cc(-c2ccccc2)no1.Cl. The van der Waals surface area contributed by atoms with Gasteiger partial charge in [0.05, 0.1) is 6.04 Å². The number of hydrogen-bond acceptors (Lipinski definition) is 5. The van der Waals surface area contributed by atoms with Crippen molar-refractivity contribution < 1.29 is 9.32 Å². The molecule has 138 valence electrons. The summed E-state index contributed by atoms with van der Waals surface area (Å²) in [6.07, 6.45) is 4.30. The van der Waals surface area contributed by atoms with Crippen LogP contribution in [0.4, 0.5) is 0 Å². The molecule has 0 fully saturated rings. The van der Waals surface area contributed by atoms with Gasteiger partial charge in [0.1, 0.15) is 11.5 Å². The zero-order chi connectivity index (χ0) is 17.4. The average Bonchev–Trinajstić information content (AvgIpc) is 3.08. The third-order valence-electron chi connectivity index (χ3n) is 3.87. The van der Waals surface area contributed by atoms with Gasteiger partial charge in [0, 0.05) is 31.6 Å². The number of benzene rings is 1. The van der Waals surface area contributed by atoms with Crippen molar-refractivity contribution in [2.24, 2.45) is 5.73 Å². The van der Waals surface area contributed by atoms with Gasteiger partial charge in [-0.05, 0) is 24.9 Å². The van der Waals surface area contributed by atoms with E-state index in [0.717, 1.165) is 35.6 Å². The number of aryl methyl sites for hydroxylation is 1. The lowest BCUT2D eigenvalue weighted by molar-refractivity contribution is -0.131. The van der Waals surface area contributed by atoms with E-state index in [1.165, 1.54) is 0 Å². The highest BCUT2D eigenvalue weighted by atomic mass is 35.5. The number of thioether (sulfide) groups is 1. The second-order valence-electron chi connectivity index (χ2n) is 5.80. The van der Waals surface area contributed by atoms with Gasteiger partial charge < -0.3 is 15.2 Å². The average molecular weight is 384 g/mol. The fraction of sp³-hybridized carbons (Fsp3) is 0.444. The van der Waals surface area contributed by atoms with Gasteiger partial charge in [-0.1, -0.05) is 35.5 Å². The first kappa shape index (κ1) is 21.5. The van der Waals surface area contributed by atoms with Gasteiger partial charge in [-0.15, -0.1) is 12.4 Å². The van der Waals surface area contributed by atoms with Crippen molar-refractivity contribution in [2.45, 2.75) is 25.3 Å². The smallest absolute Gasteiger partial charge is 0.239 e.